The highest BCUT2D eigenvalue weighted by molar-refractivity contribution is 7.13. The van der Waals surface area contributed by atoms with Crippen molar-refractivity contribution in [3.8, 4) is 16.3 Å². The first-order valence-electron chi connectivity index (χ1n) is 5.39. The number of nitrogens with zero attached hydrogens (tertiary/aromatic N) is 2. The summed E-state index contributed by atoms with van der Waals surface area (Å²) in [6.45, 7) is 0. The summed E-state index contributed by atoms with van der Waals surface area (Å²) in [5.74, 6) is 0. The largest absolute Gasteiger partial charge is 0.396 e. The Balaban J connectivity index is 2.08. The van der Waals surface area contributed by atoms with E-state index in [2.05, 4.69) is 5.10 Å². The molecule has 0 atom stereocenters. The molecule has 0 aliphatic heterocycles. The molecule has 0 radical (unpaired) electrons. The van der Waals surface area contributed by atoms with Crippen LogP contribution >= 0.6 is 22.9 Å². The van der Waals surface area contributed by atoms with E-state index in [-0.39, 0.29) is 0 Å². The van der Waals surface area contributed by atoms with Gasteiger partial charge in [-0.1, -0.05) is 23.7 Å². The quantitative estimate of drug-likeness (QED) is 0.772. The van der Waals surface area contributed by atoms with Crippen LogP contribution in [0.2, 0.25) is 5.02 Å². The number of anilines is 1. The molecule has 2 aromatic heterocycles. The van der Waals surface area contributed by atoms with E-state index in [1.807, 2.05) is 41.8 Å². The van der Waals surface area contributed by atoms with E-state index in [0.29, 0.717) is 10.7 Å². The summed E-state index contributed by atoms with van der Waals surface area (Å²) < 4.78 is 1.75. The monoisotopic (exact) mass is 275 g/mol. The second-order valence-electron chi connectivity index (χ2n) is 3.83. The van der Waals surface area contributed by atoms with E-state index < -0.39 is 0 Å². The lowest BCUT2D eigenvalue weighted by Crippen LogP contribution is -1.94. The molecule has 3 aromatic rings. The van der Waals surface area contributed by atoms with E-state index in [1.54, 1.807) is 22.2 Å². The van der Waals surface area contributed by atoms with Crippen molar-refractivity contribution in [2.45, 2.75) is 0 Å². The third-order valence-electron chi connectivity index (χ3n) is 2.57. The first-order valence-corrected chi connectivity index (χ1v) is 6.65. The molecule has 0 unspecified atom stereocenters. The molecule has 0 aliphatic carbocycles. The average Bonchev–Trinajstić information content (AvgIpc) is 2.97. The van der Waals surface area contributed by atoms with Gasteiger partial charge in [-0.05, 0) is 29.6 Å². The van der Waals surface area contributed by atoms with Gasteiger partial charge in [-0.3, -0.25) is 0 Å². The molecule has 3 nitrogen and oxygen atoms in total. The van der Waals surface area contributed by atoms with Gasteiger partial charge in [0.25, 0.3) is 0 Å². The molecule has 0 saturated carbocycles. The number of rotatable bonds is 2. The fraction of sp³-hybridized carbons (Fsp3) is 0. The van der Waals surface area contributed by atoms with Crippen molar-refractivity contribution in [2.24, 2.45) is 0 Å². The lowest BCUT2D eigenvalue weighted by atomic mass is 10.3. The van der Waals surface area contributed by atoms with Crippen molar-refractivity contribution in [1.82, 2.24) is 9.78 Å². The number of nitrogen functional groups attached to an aromatic ring is 1. The zero-order chi connectivity index (χ0) is 12.5. The summed E-state index contributed by atoms with van der Waals surface area (Å²) in [4.78, 5) is 1.06. The molecule has 0 bridgehead atoms. The molecule has 1 aromatic carbocycles. The van der Waals surface area contributed by atoms with E-state index in [9.17, 15) is 0 Å². The van der Waals surface area contributed by atoms with Crippen LogP contribution in [0.5, 0.6) is 0 Å². The third-order valence-corrected chi connectivity index (χ3v) is 3.68. The maximum absolute atomic E-state index is 6.00. The smallest absolute Gasteiger partial charge is 0.126 e. The minimum absolute atomic E-state index is 0.664. The van der Waals surface area contributed by atoms with Crippen molar-refractivity contribution < 1.29 is 0 Å². The van der Waals surface area contributed by atoms with E-state index in [0.717, 1.165) is 16.3 Å². The molecule has 5 heteroatoms. The van der Waals surface area contributed by atoms with Crippen molar-refractivity contribution in [1.29, 1.82) is 0 Å². The first-order chi connectivity index (χ1) is 8.74. The highest BCUT2D eigenvalue weighted by Crippen LogP contribution is 2.29. The SMILES string of the molecule is Nc1cn(-c2cccc(Cl)c2)nc1-c1cccs1. The second kappa shape index (κ2) is 4.48. The fourth-order valence-electron chi connectivity index (χ4n) is 1.74. The number of aromatic nitrogens is 2. The van der Waals surface area contributed by atoms with Gasteiger partial charge >= 0.3 is 0 Å². The van der Waals surface area contributed by atoms with Crippen LogP contribution < -0.4 is 5.73 Å². The second-order valence-corrected chi connectivity index (χ2v) is 5.22. The molecular formula is C13H10ClN3S. The minimum Gasteiger partial charge on any atom is -0.396 e. The summed E-state index contributed by atoms with van der Waals surface area (Å²) in [5, 5.41) is 7.19. The van der Waals surface area contributed by atoms with Crippen molar-refractivity contribution in [3.05, 3.63) is 53.0 Å². The minimum atomic E-state index is 0.664. The van der Waals surface area contributed by atoms with E-state index >= 15 is 0 Å². The molecule has 2 heterocycles. The molecule has 3 rings (SSSR count). The van der Waals surface area contributed by atoms with Crippen molar-refractivity contribution >= 4 is 28.6 Å². The van der Waals surface area contributed by atoms with Crippen molar-refractivity contribution in [2.75, 3.05) is 5.73 Å². The Labute approximate surface area is 113 Å². The van der Waals surface area contributed by atoms with Gasteiger partial charge < -0.3 is 5.73 Å². The van der Waals surface area contributed by atoms with E-state index in [4.69, 9.17) is 17.3 Å². The maximum Gasteiger partial charge on any atom is 0.126 e. The fourth-order valence-corrected chi connectivity index (χ4v) is 2.66. The molecule has 18 heavy (non-hydrogen) atoms. The average molecular weight is 276 g/mol. The van der Waals surface area contributed by atoms with Crippen LogP contribution in [0.15, 0.2) is 48.0 Å². The van der Waals surface area contributed by atoms with Crippen LogP contribution in [-0.2, 0) is 0 Å². The Morgan fingerprint density at radius 3 is 2.83 bits per heavy atom. The van der Waals surface area contributed by atoms with Gasteiger partial charge in [0, 0.05) is 5.02 Å². The number of benzene rings is 1. The van der Waals surface area contributed by atoms with Gasteiger partial charge in [-0.25, -0.2) is 4.68 Å². The summed E-state index contributed by atoms with van der Waals surface area (Å²) >= 11 is 7.59. The van der Waals surface area contributed by atoms with Crippen LogP contribution in [0, 0.1) is 0 Å². The molecule has 0 fully saturated rings. The number of halogens is 1. The van der Waals surface area contributed by atoms with Crippen LogP contribution in [0.4, 0.5) is 5.69 Å². The molecule has 0 saturated heterocycles. The predicted molar refractivity (Wildman–Crippen MR) is 76.3 cm³/mol. The third kappa shape index (κ3) is 2.00. The predicted octanol–water partition coefficient (Wildman–Crippen LogP) is 3.84. The Kier molecular flexibility index (Phi) is 2.81. The Hall–Kier alpha value is -1.78. The molecule has 0 aliphatic rings. The maximum atomic E-state index is 6.00. The van der Waals surface area contributed by atoms with E-state index in [1.165, 1.54) is 0 Å². The van der Waals surface area contributed by atoms with Crippen LogP contribution in [-0.4, -0.2) is 9.78 Å². The van der Waals surface area contributed by atoms with Gasteiger partial charge in [-0.2, -0.15) is 5.10 Å². The van der Waals surface area contributed by atoms with Crippen molar-refractivity contribution in [3.63, 3.8) is 0 Å². The lowest BCUT2D eigenvalue weighted by Gasteiger charge is -2.00. The Morgan fingerprint density at radius 1 is 1.22 bits per heavy atom. The molecule has 0 amide bonds. The summed E-state index contributed by atoms with van der Waals surface area (Å²) in [6, 6.07) is 11.5. The Bertz CT molecular complexity index is 673. The lowest BCUT2D eigenvalue weighted by molar-refractivity contribution is 0.885. The van der Waals surface area contributed by atoms with Crippen LogP contribution in [0.25, 0.3) is 16.3 Å². The first kappa shape index (κ1) is 11.3. The molecule has 2 N–H and O–H groups in total. The normalized spacial score (nSPS) is 10.7. The molecular weight excluding hydrogens is 266 g/mol. The number of nitrogens with two attached hydrogens (primary N) is 1. The molecule has 90 valence electrons. The zero-order valence-electron chi connectivity index (χ0n) is 9.38. The van der Waals surface area contributed by atoms with Crippen LogP contribution in [0.3, 0.4) is 0 Å². The van der Waals surface area contributed by atoms with Gasteiger partial charge in [0.15, 0.2) is 0 Å². The topological polar surface area (TPSA) is 43.8 Å². The van der Waals surface area contributed by atoms with Gasteiger partial charge in [0.05, 0.1) is 22.4 Å². The summed E-state index contributed by atoms with van der Waals surface area (Å²) in [7, 11) is 0. The summed E-state index contributed by atoms with van der Waals surface area (Å²) in [6.07, 6.45) is 1.81. The Morgan fingerprint density at radius 2 is 2.11 bits per heavy atom. The van der Waals surface area contributed by atoms with Gasteiger partial charge in [-0.15, -0.1) is 11.3 Å². The highest BCUT2D eigenvalue weighted by atomic mass is 35.5. The highest BCUT2D eigenvalue weighted by Gasteiger charge is 2.10. The summed E-state index contributed by atoms with van der Waals surface area (Å²) in [5.41, 5.74) is 8.37. The standard InChI is InChI=1S/C13H10ClN3S/c14-9-3-1-4-10(7-9)17-8-11(15)13(16-17)12-5-2-6-18-12/h1-8H,15H2. The number of hydrogen-bond acceptors (Lipinski definition) is 3. The van der Waals surface area contributed by atoms with Crippen LogP contribution in [0.1, 0.15) is 0 Å². The van der Waals surface area contributed by atoms with Gasteiger partial charge in [0.2, 0.25) is 0 Å². The number of thiophene rings is 1. The van der Waals surface area contributed by atoms with Gasteiger partial charge in [0.1, 0.15) is 5.69 Å². The zero-order valence-corrected chi connectivity index (χ0v) is 10.9. The molecule has 0 spiro atoms. The number of hydrogen-bond donors (Lipinski definition) is 1.